The Morgan fingerprint density at radius 2 is 2.07 bits per heavy atom. The highest BCUT2D eigenvalue weighted by Gasteiger charge is 2.16. The first-order valence-electron chi connectivity index (χ1n) is 9.46. The quantitative estimate of drug-likeness (QED) is 0.643. The van der Waals surface area contributed by atoms with Crippen molar-refractivity contribution < 1.29 is 9.53 Å². The number of ether oxygens (including phenoxy) is 1. The third-order valence-corrected chi connectivity index (χ3v) is 5.83. The van der Waals surface area contributed by atoms with Crippen molar-refractivity contribution in [3.05, 3.63) is 47.1 Å². The van der Waals surface area contributed by atoms with Crippen LogP contribution in [0.15, 0.2) is 42.0 Å². The van der Waals surface area contributed by atoms with E-state index in [1.165, 1.54) is 0 Å². The second-order valence-electron chi connectivity index (χ2n) is 6.96. The summed E-state index contributed by atoms with van der Waals surface area (Å²) in [4.78, 5) is 19.4. The van der Waals surface area contributed by atoms with Crippen molar-refractivity contribution in [2.24, 2.45) is 5.92 Å². The lowest BCUT2D eigenvalue weighted by atomic mass is 10.1. The summed E-state index contributed by atoms with van der Waals surface area (Å²) in [5.74, 6) is -0.298. The molecule has 1 atom stereocenters. The summed E-state index contributed by atoms with van der Waals surface area (Å²) in [6.45, 7) is 5.58. The first-order chi connectivity index (χ1) is 14.1. The van der Waals surface area contributed by atoms with Crippen LogP contribution in [0.5, 0.6) is 0 Å². The Kier molecular flexibility index (Phi) is 6.13. The monoisotopic (exact) mass is 431 g/mol. The van der Waals surface area contributed by atoms with Gasteiger partial charge in [-0.15, -0.1) is 11.3 Å². The number of hydrogen-bond acceptors (Lipinski definition) is 6. The molecule has 0 radical (unpaired) electrons. The molecule has 3 aromatic rings. The summed E-state index contributed by atoms with van der Waals surface area (Å²) in [5.41, 5.74) is 2.73. The van der Waals surface area contributed by atoms with Crippen molar-refractivity contribution >= 4 is 39.7 Å². The molecule has 9 heteroatoms. The normalized spacial score (nSPS) is 15.3. The number of thiazole rings is 1. The number of carbonyl (C=O) groups is 1. The zero-order chi connectivity index (χ0) is 20.2. The van der Waals surface area contributed by atoms with Crippen LogP contribution in [0.25, 0.3) is 11.3 Å². The van der Waals surface area contributed by atoms with Gasteiger partial charge in [0.15, 0.2) is 5.13 Å². The number of nitrogens with one attached hydrogen (secondary N) is 1. The zero-order valence-electron chi connectivity index (χ0n) is 16.0. The molecule has 1 aromatic carbocycles. The second kappa shape index (κ2) is 8.94. The van der Waals surface area contributed by atoms with E-state index in [0.29, 0.717) is 11.6 Å². The van der Waals surface area contributed by atoms with E-state index >= 15 is 0 Å². The number of hydrogen-bond donors (Lipinski definition) is 1. The number of nitrogens with zero attached hydrogens (tertiary/aromatic N) is 4. The molecule has 0 aliphatic carbocycles. The number of halogens is 1. The molecule has 7 nitrogen and oxygen atoms in total. The average Bonchev–Trinajstić information content (AvgIpc) is 3.38. The Morgan fingerprint density at radius 3 is 2.76 bits per heavy atom. The molecule has 0 bridgehead atoms. The predicted octanol–water partition coefficient (Wildman–Crippen LogP) is 3.77. The summed E-state index contributed by atoms with van der Waals surface area (Å²) in [6, 6.07) is 7.76. The minimum atomic E-state index is -0.236. The minimum absolute atomic E-state index is 0.0624. The number of rotatable bonds is 6. The van der Waals surface area contributed by atoms with E-state index in [0.717, 1.165) is 48.4 Å². The topological polar surface area (TPSA) is 72.3 Å². The molecule has 1 aliphatic rings. The maximum absolute atomic E-state index is 12.4. The lowest BCUT2D eigenvalue weighted by Gasteiger charge is -2.26. The fourth-order valence-corrected chi connectivity index (χ4v) is 4.13. The number of anilines is 2. The van der Waals surface area contributed by atoms with Crippen LogP contribution in [0, 0.1) is 5.92 Å². The van der Waals surface area contributed by atoms with Gasteiger partial charge in [0.1, 0.15) is 0 Å². The van der Waals surface area contributed by atoms with E-state index in [4.69, 9.17) is 21.3 Å². The van der Waals surface area contributed by atoms with E-state index in [-0.39, 0.29) is 11.8 Å². The van der Waals surface area contributed by atoms with Gasteiger partial charge in [0, 0.05) is 35.9 Å². The summed E-state index contributed by atoms with van der Waals surface area (Å²) >= 11 is 7.51. The maximum atomic E-state index is 12.4. The van der Waals surface area contributed by atoms with Gasteiger partial charge in [0.25, 0.3) is 0 Å². The molecule has 3 heterocycles. The van der Waals surface area contributed by atoms with Crippen molar-refractivity contribution in [2.75, 3.05) is 36.5 Å². The van der Waals surface area contributed by atoms with Gasteiger partial charge in [-0.1, -0.05) is 30.7 Å². The Bertz CT molecular complexity index is 965. The lowest BCUT2D eigenvalue weighted by molar-refractivity contribution is -0.119. The number of amides is 1. The van der Waals surface area contributed by atoms with Gasteiger partial charge in [0.05, 0.1) is 42.6 Å². The smallest absolute Gasteiger partial charge is 0.229 e. The van der Waals surface area contributed by atoms with Gasteiger partial charge >= 0.3 is 0 Å². The van der Waals surface area contributed by atoms with Crippen LogP contribution in [-0.2, 0) is 16.1 Å². The highest BCUT2D eigenvalue weighted by Crippen LogP contribution is 2.28. The Labute approximate surface area is 178 Å². The van der Waals surface area contributed by atoms with Crippen molar-refractivity contribution in [1.29, 1.82) is 0 Å². The van der Waals surface area contributed by atoms with Gasteiger partial charge < -0.3 is 15.0 Å². The van der Waals surface area contributed by atoms with Crippen LogP contribution in [0.4, 0.5) is 10.8 Å². The van der Waals surface area contributed by atoms with Crippen molar-refractivity contribution in [3.8, 4) is 11.3 Å². The van der Waals surface area contributed by atoms with Gasteiger partial charge in [-0.05, 0) is 12.1 Å². The van der Waals surface area contributed by atoms with E-state index in [9.17, 15) is 4.79 Å². The number of morpholine rings is 1. The fraction of sp³-hybridized carbons (Fsp3) is 0.350. The summed E-state index contributed by atoms with van der Waals surface area (Å²) < 4.78 is 7.07. The fourth-order valence-electron chi connectivity index (χ4n) is 3.09. The predicted molar refractivity (Wildman–Crippen MR) is 116 cm³/mol. The highest BCUT2D eigenvalue weighted by molar-refractivity contribution is 7.14. The lowest BCUT2D eigenvalue weighted by Crippen LogP contribution is -2.36. The molecule has 0 spiro atoms. The van der Waals surface area contributed by atoms with Crippen LogP contribution in [0.1, 0.15) is 6.92 Å². The third-order valence-electron chi connectivity index (χ3n) is 4.73. The molecule has 1 N–H and O–H groups in total. The van der Waals surface area contributed by atoms with Gasteiger partial charge in [0.2, 0.25) is 5.91 Å². The van der Waals surface area contributed by atoms with Crippen LogP contribution < -0.4 is 10.2 Å². The van der Waals surface area contributed by atoms with Crippen molar-refractivity contribution in [1.82, 2.24) is 14.8 Å². The van der Waals surface area contributed by atoms with Crippen LogP contribution in [0.2, 0.25) is 5.02 Å². The summed E-state index contributed by atoms with van der Waals surface area (Å²) in [5, 5.41) is 10.7. The Morgan fingerprint density at radius 1 is 1.31 bits per heavy atom. The SMILES string of the molecule is C[C@@H](Cn1cc(Cl)cn1)C(=O)Nc1ccc(-c2csc(N3CCOCC3)n2)cc1. The van der Waals surface area contributed by atoms with E-state index in [2.05, 4.69) is 20.7 Å². The molecule has 1 amide bonds. The standard InChI is InChI=1S/C20H22ClN5O2S/c1-14(11-26-12-16(21)10-22-26)19(27)23-17-4-2-15(3-5-17)18-13-29-20(24-18)25-6-8-28-9-7-25/h2-5,10,12-14H,6-9,11H2,1H3,(H,23,27)/t14-/m0/s1. The molecule has 0 unspecified atom stereocenters. The molecule has 29 heavy (non-hydrogen) atoms. The van der Waals surface area contributed by atoms with Crippen molar-refractivity contribution in [3.63, 3.8) is 0 Å². The third kappa shape index (κ3) is 4.95. The molecular formula is C20H22ClN5O2S. The van der Waals surface area contributed by atoms with Crippen LogP contribution in [0.3, 0.4) is 0 Å². The summed E-state index contributed by atoms with van der Waals surface area (Å²) in [7, 11) is 0. The first-order valence-corrected chi connectivity index (χ1v) is 10.7. The Hall–Kier alpha value is -2.42. The van der Waals surface area contributed by atoms with E-state index in [1.807, 2.05) is 31.2 Å². The molecule has 0 saturated carbocycles. The minimum Gasteiger partial charge on any atom is -0.378 e. The van der Waals surface area contributed by atoms with Crippen LogP contribution in [-0.4, -0.2) is 47.0 Å². The molecule has 1 saturated heterocycles. The molecule has 152 valence electrons. The molecule has 1 aliphatic heterocycles. The number of carbonyl (C=O) groups excluding carboxylic acids is 1. The van der Waals surface area contributed by atoms with Gasteiger partial charge in [-0.3, -0.25) is 9.48 Å². The molecule has 1 fully saturated rings. The molecule has 4 rings (SSSR count). The van der Waals surface area contributed by atoms with Crippen LogP contribution >= 0.6 is 22.9 Å². The number of aromatic nitrogens is 3. The zero-order valence-corrected chi connectivity index (χ0v) is 17.6. The number of benzene rings is 1. The average molecular weight is 432 g/mol. The molecular weight excluding hydrogens is 410 g/mol. The van der Waals surface area contributed by atoms with E-state index in [1.54, 1.807) is 28.4 Å². The Balaban J connectivity index is 1.36. The first kappa shape index (κ1) is 19.9. The molecule has 2 aromatic heterocycles. The van der Waals surface area contributed by atoms with E-state index < -0.39 is 0 Å². The van der Waals surface area contributed by atoms with Gasteiger partial charge in [-0.25, -0.2) is 4.98 Å². The van der Waals surface area contributed by atoms with Gasteiger partial charge in [-0.2, -0.15) is 5.10 Å². The van der Waals surface area contributed by atoms with Crippen molar-refractivity contribution in [2.45, 2.75) is 13.5 Å². The largest absolute Gasteiger partial charge is 0.378 e. The summed E-state index contributed by atoms with van der Waals surface area (Å²) in [6.07, 6.45) is 3.27. The maximum Gasteiger partial charge on any atom is 0.229 e. The second-order valence-corrected chi connectivity index (χ2v) is 8.24. The highest BCUT2D eigenvalue weighted by atomic mass is 35.5.